The van der Waals surface area contributed by atoms with Crippen LogP contribution in [0.25, 0.3) is 0 Å². The van der Waals surface area contributed by atoms with E-state index in [2.05, 4.69) is 0 Å². The average Bonchev–Trinajstić information content (AvgIpc) is 2.29. The molecule has 1 aliphatic rings. The molecule has 6 heteroatoms. The van der Waals surface area contributed by atoms with E-state index in [1.54, 1.807) is 0 Å². The van der Waals surface area contributed by atoms with Gasteiger partial charge in [-0.25, -0.2) is 12.8 Å². The van der Waals surface area contributed by atoms with Gasteiger partial charge in [0.05, 0.1) is 11.0 Å². The second-order valence-electron chi connectivity index (χ2n) is 4.09. The van der Waals surface area contributed by atoms with Crippen molar-refractivity contribution in [1.82, 2.24) is 4.31 Å². The van der Waals surface area contributed by atoms with Crippen LogP contribution in [0.2, 0.25) is 0 Å². The largest absolute Gasteiger partial charge is 0.393 e. The number of rotatable bonds is 2. The van der Waals surface area contributed by atoms with Crippen molar-refractivity contribution >= 4 is 10.0 Å². The minimum absolute atomic E-state index is 0.0334. The molecule has 0 amide bonds. The highest BCUT2D eigenvalue weighted by molar-refractivity contribution is 7.89. The summed E-state index contributed by atoms with van der Waals surface area (Å²) in [5.41, 5.74) is 0. The van der Waals surface area contributed by atoms with Crippen LogP contribution in [0.15, 0.2) is 29.2 Å². The zero-order valence-corrected chi connectivity index (χ0v) is 10.0. The summed E-state index contributed by atoms with van der Waals surface area (Å²) < 4.78 is 38.5. The number of hydrogen-bond acceptors (Lipinski definition) is 3. The Balaban J connectivity index is 2.25. The van der Waals surface area contributed by atoms with Crippen LogP contribution in [-0.2, 0) is 10.0 Å². The molecule has 0 saturated carbocycles. The van der Waals surface area contributed by atoms with Crippen molar-refractivity contribution in [2.45, 2.75) is 23.8 Å². The standard InChI is InChI=1S/C11H14FNO3S/c12-9-2-1-3-11(8-9)17(15,16)13-6-4-10(14)5-7-13/h1-3,8,10,14H,4-7H2. The van der Waals surface area contributed by atoms with E-state index < -0.39 is 21.9 Å². The van der Waals surface area contributed by atoms with Gasteiger partial charge in [0.25, 0.3) is 0 Å². The van der Waals surface area contributed by atoms with Gasteiger partial charge in [-0.1, -0.05) is 6.07 Å². The molecular weight excluding hydrogens is 245 g/mol. The molecule has 0 unspecified atom stereocenters. The molecule has 0 bridgehead atoms. The third-order valence-electron chi connectivity index (χ3n) is 2.86. The highest BCUT2D eigenvalue weighted by atomic mass is 32.2. The van der Waals surface area contributed by atoms with Gasteiger partial charge in [-0.3, -0.25) is 0 Å². The lowest BCUT2D eigenvalue weighted by molar-refractivity contribution is 0.113. The number of benzene rings is 1. The Labute approximate surface area is 99.7 Å². The lowest BCUT2D eigenvalue weighted by Crippen LogP contribution is -2.40. The lowest BCUT2D eigenvalue weighted by Gasteiger charge is -2.28. The van der Waals surface area contributed by atoms with Crippen molar-refractivity contribution in [3.63, 3.8) is 0 Å². The molecule has 1 aromatic rings. The van der Waals surface area contributed by atoms with E-state index in [-0.39, 0.29) is 18.0 Å². The number of nitrogens with zero attached hydrogens (tertiary/aromatic N) is 1. The average molecular weight is 259 g/mol. The van der Waals surface area contributed by atoms with Gasteiger partial charge in [0.15, 0.2) is 0 Å². The van der Waals surface area contributed by atoms with Crippen LogP contribution < -0.4 is 0 Å². The lowest BCUT2D eigenvalue weighted by atomic mass is 10.1. The smallest absolute Gasteiger partial charge is 0.243 e. The van der Waals surface area contributed by atoms with Crippen molar-refractivity contribution in [3.8, 4) is 0 Å². The van der Waals surface area contributed by atoms with E-state index in [9.17, 15) is 17.9 Å². The number of piperidine rings is 1. The SMILES string of the molecule is O=S(=O)(c1cccc(F)c1)N1CCC(O)CC1. The summed E-state index contributed by atoms with van der Waals surface area (Å²) in [5, 5.41) is 9.33. The summed E-state index contributed by atoms with van der Waals surface area (Å²) in [6.45, 7) is 0.556. The van der Waals surface area contributed by atoms with Gasteiger partial charge < -0.3 is 5.11 Å². The summed E-state index contributed by atoms with van der Waals surface area (Å²) in [7, 11) is -3.63. The fourth-order valence-corrected chi connectivity index (χ4v) is 3.36. The Morgan fingerprint density at radius 1 is 1.29 bits per heavy atom. The third kappa shape index (κ3) is 2.65. The summed E-state index contributed by atoms with van der Waals surface area (Å²) in [6, 6.07) is 4.98. The fourth-order valence-electron chi connectivity index (χ4n) is 1.86. The molecule has 1 aliphatic heterocycles. The fraction of sp³-hybridized carbons (Fsp3) is 0.455. The monoisotopic (exact) mass is 259 g/mol. The topological polar surface area (TPSA) is 57.6 Å². The number of hydrogen-bond donors (Lipinski definition) is 1. The van der Waals surface area contributed by atoms with Crippen molar-refractivity contribution in [3.05, 3.63) is 30.1 Å². The van der Waals surface area contributed by atoms with Crippen LogP contribution in [-0.4, -0.2) is 37.0 Å². The number of aliphatic hydroxyl groups is 1. The molecule has 0 radical (unpaired) electrons. The Hall–Kier alpha value is -0.980. The van der Waals surface area contributed by atoms with Gasteiger partial charge in [0.1, 0.15) is 5.82 Å². The molecule has 0 aliphatic carbocycles. The maximum Gasteiger partial charge on any atom is 0.243 e. The van der Waals surface area contributed by atoms with Gasteiger partial charge in [-0.05, 0) is 31.0 Å². The molecule has 0 aromatic heterocycles. The first-order valence-electron chi connectivity index (χ1n) is 5.44. The molecule has 1 heterocycles. The predicted molar refractivity (Wildman–Crippen MR) is 60.4 cm³/mol. The van der Waals surface area contributed by atoms with Crippen LogP contribution in [0, 0.1) is 5.82 Å². The first-order valence-corrected chi connectivity index (χ1v) is 6.88. The minimum atomic E-state index is -3.63. The van der Waals surface area contributed by atoms with Crippen LogP contribution >= 0.6 is 0 Å². The second kappa shape index (κ2) is 4.72. The molecule has 0 spiro atoms. The highest BCUT2D eigenvalue weighted by Crippen LogP contribution is 2.21. The van der Waals surface area contributed by atoms with E-state index in [1.807, 2.05) is 0 Å². The zero-order valence-electron chi connectivity index (χ0n) is 9.21. The zero-order chi connectivity index (χ0) is 12.5. The molecular formula is C11H14FNO3S. The second-order valence-corrected chi connectivity index (χ2v) is 6.03. The quantitative estimate of drug-likeness (QED) is 0.861. The van der Waals surface area contributed by atoms with Crippen LogP contribution in [0.5, 0.6) is 0 Å². The molecule has 94 valence electrons. The summed E-state index contributed by atoms with van der Waals surface area (Å²) in [6.07, 6.45) is 0.414. The predicted octanol–water partition coefficient (Wildman–Crippen LogP) is 0.971. The van der Waals surface area contributed by atoms with E-state index in [4.69, 9.17) is 0 Å². The highest BCUT2D eigenvalue weighted by Gasteiger charge is 2.28. The van der Waals surface area contributed by atoms with Gasteiger partial charge in [0.2, 0.25) is 10.0 Å². The van der Waals surface area contributed by atoms with E-state index in [0.717, 1.165) is 6.07 Å². The summed E-state index contributed by atoms with van der Waals surface area (Å²) in [4.78, 5) is -0.0334. The van der Waals surface area contributed by atoms with Gasteiger partial charge >= 0.3 is 0 Å². The summed E-state index contributed by atoms with van der Waals surface area (Å²) in [5.74, 6) is -0.567. The first-order chi connectivity index (χ1) is 8.00. The van der Waals surface area contributed by atoms with Crippen molar-refractivity contribution in [1.29, 1.82) is 0 Å². The Morgan fingerprint density at radius 2 is 1.94 bits per heavy atom. The number of sulfonamides is 1. The number of aliphatic hydroxyl groups excluding tert-OH is 1. The van der Waals surface area contributed by atoms with Crippen molar-refractivity contribution < 1.29 is 17.9 Å². The molecule has 4 nitrogen and oxygen atoms in total. The maximum atomic E-state index is 13.0. The van der Waals surface area contributed by atoms with Crippen molar-refractivity contribution in [2.24, 2.45) is 0 Å². The molecule has 2 rings (SSSR count). The minimum Gasteiger partial charge on any atom is -0.393 e. The van der Waals surface area contributed by atoms with Gasteiger partial charge in [-0.2, -0.15) is 4.31 Å². The molecule has 1 saturated heterocycles. The first kappa shape index (κ1) is 12.5. The molecule has 1 aromatic carbocycles. The van der Waals surface area contributed by atoms with E-state index in [0.29, 0.717) is 12.8 Å². The summed E-state index contributed by atoms with van der Waals surface area (Å²) >= 11 is 0. The molecule has 17 heavy (non-hydrogen) atoms. The molecule has 1 N–H and O–H groups in total. The van der Waals surface area contributed by atoms with Gasteiger partial charge in [0, 0.05) is 13.1 Å². The van der Waals surface area contributed by atoms with Crippen LogP contribution in [0.4, 0.5) is 4.39 Å². The Morgan fingerprint density at radius 3 is 2.53 bits per heavy atom. The Kier molecular flexibility index (Phi) is 3.46. The maximum absolute atomic E-state index is 13.0. The van der Waals surface area contributed by atoms with E-state index in [1.165, 1.54) is 22.5 Å². The number of halogens is 1. The van der Waals surface area contributed by atoms with Crippen molar-refractivity contribution in [2.75, 3.05) is 13.1 Å². The van der Waals surface area contributed by atoms with Gasteiger partial charge in [-0.15, -0.1) is 0 Å². The Bertz CT molecular complexity index is 495. The third-order valence-corrected chi connectivity index (χ3v) is 4.75. The normalized spacial score (nSPS) is 19.4. The van der Waals surface area contributed by atoms with E-state index >= 15 is 0 Å². The molecule has 0 atom stereocenters. The van der Waals surface area contributed by atoms with Crippen LogP contribution in [0.1, 0.15) is 12.8 Å². The van der Waals surface area contributed by atoms with Crippen LogP contribution in [0.3, 0.4) is 0 Å². The molecule has 1 fully saturated rings.